The first-order valence-corrected chi connectivity index (χ1v) is 6.82. The number of fused-ring (bicyclic) bond motifs is 1. The molecule has 106 valence electrons. The van der Waals surface area contributed by atoms with Crippen molar-refractivity contribution in [3.63, 3.8) is 0 Å². The van der Waals surface area contributed by atoms with E-state index in [0.717, 1.165) is 11.1 Å². The van der Waals surface area contributed by atoms with Crippen LogP contribution in [0.1, 0.15) is 5.56 Å². The second-order valence-corrected chi connectivity index (χ2v) is 4.95. The Hall–Kier alpha value is -2.53. The van der Waals surface area contributed by atoms with Crippen molar-refractivity contribution >= 4 is 28.8 Å². The molecule has 0 spiro atoms. The van der Waals surface area contributed by atoms with E-state index in [9.17, 15) is 4.79 Å². The maximum absolute atomic E-state index is 11.8. The number of anilines is 1. The lowest BCUT2D eigenvalue weighted by molar-refractivity contribution is 0.252. The molecule has 6 heteroatoms. The van der Waals surface area contributed by atoms with Crippen LogP contribution in [-0.4, -0.2) is 15.6 Å². The maximum atomic E-state index is 11.8. The molecule has 0 radical (unpaired) electrons. The van der Waals surface area contributed by atoms with Crippen LogP contribution in [-0.2, 0) is 6.54 Å². The molecule has 0 bridgehead atoms. The topological polar surface area (TPSA) is 58.4 Å². The molecule has 3 rings (SSSR count). The lowest BCUT2D eigenvalue weighted by Crippen LogP contribution is -2.28. The van der Waals surface area contributed by atoms with Crippen LogP contribution in [0, 0.1) is 0 Å². The molecule has 2 N–H and O–H groups in total. The van der Waals surface area contributed by atoms with E-state index in [1.54, 1.807) is 35.0 Å². The Morgan fingerprint density at radius 3 is 2.81 bits per heavy atom. The summed E-state index contributed by atoms with van der Waals surface area (Å²) in [5.41, 5.74) is 2.63. The Labute approximate surface area is 126 Å². The minimum atomic E-state index is -0.271. The van der Waals surface area contributed by atoms with Crippen LogP contribution in [0.25, 0.3) is 5.52 Å². The third-order valence-electron chi connectivity index (χ3n) is 3.05. The van der Waals surface area contributed by atoms with Gasteiger partial charge >= 0.3 is 6.03 Å². The first-order chi connectivity index (χ1) is 10.2. The van der Waals surface area contributed by atoms with Gasteiger partial charge in [-0.1, -0.05) is 17.7 Å². The Kier molecular flexibility index (Phi) is 3.75. The van der Waals surface area contributed by atoms with E-state index < -0.39 is 0 Å². The first-order valence-electron chi connectivity index (χ1n) is 6.44. The third-order valence-corrected chi connectivity index (χ3v) is 3.30. The van der Waals surface area contributed by atoms with Gasteiger partial charge in [0.25, 0.3) is 0 Å². The number of carbonyl (C=O) groups excluding carboxylic acids is 1. The number of amides is 2. The van der Waals surface area contributed by atoms with Crippen LogP contribution in [0.5, 0.6) is 0 Å². The number of rotatable bonds is 3. The van der Waals surface area contributed by atoms with Crippen molar-refractivity contribution in [2.75, 3.05) is 5.32 Å². The van der Waals surface area contributed by atoms with Crippen molar-refractivity contribution in [2.45, 2.75) is 6.54 Å². The molecule has 0 unspecified atom stereocenters. The van der Waals surface area contributed by atoms with Gasteiger partial charge in [-0.15, -0.1) is 0 Å². The van der Waals surface area contributed by atoms with Crippen LogP contribution in [0.2, 0.25) is 5.02 Å². The Morgan fingerprint density at radius 2 is 2.00 bits per heavy atom. The molecule has 0 atom stereocenters. The van der Waals surface area contributed by atoms with Gasteiger partial charge < -0.3 is 10.6 Å². The van der Waals surface area contributed by atoms with Crippen molar-refractivity contribution in [3.8, 4) is 0 Å². The average molecular weight is 301 g/mol. The Morgan fingerprint density at radius 1 is 1.19 bits per heavy atom. The summed E-state index contributed by atoms with van der Waals surface area (Å²) >= 11 is 5.79. The second-order valence-electron chi connectivity index (χ2n) is 4.51. The molecule has 0 aliphatic rings. The van der Waals surface area contributed by atoms with Crippen molar-refractivity contribution in [2.24, 2.45) is 0 Å². The minimum Gasteiger partial charge on any atom is -0.334 e. The second kappa shape index (κ2) is 5.85. The van der Waals surface area contributed by atoms with E-state index in [4.69, 9.17) is 11.6 Å². The van der Waals surface area contributed by atoms with E-state index in [1.807, 2.05) is 24.4 Å². The maximum Gasteiger partial charge on any atom is 0.319 e. The van der Waals surface area contributed by atoms with Crippen molar-refractivity contribution < 1.29 is 4.79 Å². The smallest absolute Gasteiger partial charge is 0.319 e. The van der Waals surface area contributed by atoms with Gasteiger partial charge in [0.1, 0.15) is 0 Å². The highest BCUT2D eigenvalue weighted by Gasteiger charge is 2.06. The molecule has 3 aromatic rings. The zero-order valence-electron chi connectivity index (χ0n) is 11.1. The molecule has 0 saturated heterocycles. The lowest BCUT2D eigenvalue weighted by Gasteiger charge is -2.07. The largest absolute Gasteiger partial charge is 0.334 e. The van der Waals surface area contributed by atoms with Crippen molar-refractivity contribution in [1.29, 1.82) is 0 Å². The SMILES string of the molecule is O=C(NCc1cnn2ccccc12)Nc1ccc(Cl)cc1. The van der Waals surface area contributed by atoms with E-state index in [2.05, 4.69) is 15.7 Å². The van der Waals surface area contributed by atoms with E-state index in [0.29, 0.717) is 17.3 Å². The van der Waals surface area contributed by atoms with Crippen LogP contribution < -0.4 is 10.6 Å². The van der Waals surface area contributed by atoms with Gasteiger partial charge in [-0.05, 0) is 36.4 Å². The van der Waals surface area contributed by atoms with Crippen molar-refractivity contribution in [1.82, 2.24) is 14.9 Å². The summed E-state index contributed by atoms with van der Waals surface area (Å²) in [6.45, 7) is 0.410. The summed E-state index contributed by atoms with van der Waals surface area (Å²) in [7, 11) is 0. The third kappa shape index (κ3) is 3.14. The Balaban J connectivity index is 1.62. The number of halogens is 1. The summed E-state index contributed by atoms with van der Waals surface area (Å²) in [5, 5.41) is 10.4. The zero-order valence-corrected chi connectivity index (χ0v) is 11.8. The predicted molar refractivity (Wildman–Crippen MR) is 82.5 cm³/mol. The number of hydrogen-bond acceptors (Lipinski definition) is 2. The average Bonchev–Trinajstić information content (AvgIpc) is 2.91. The van der Waals surface area contributed by atoms with Crippen LogP contribution in [0.3, 0.4) is 0 Å². The normalized spacial score (nSPS) is 10.5. The molecule has 0 fully saturated rings. The number of urea groups is 1. The molecule has 2 aromatic heterocycles. The fourth-order valence-electron chi connectivity index (χ4n) is 2.01. The standard InChI is InChI=1S/C15H13ClN4O/c16-12-4-6-13(7-5-12)19-15(21)17-9-11-10-18-20-8-2-1-3-14(11)20/h1-8,10H,9H2,(H2,17,19,21). The van der Waals surface area contributed by atoms with Gasteiger partial charge in [-0.2, -0.15) is 5.10 Å². The molecule has 0 aliphatic heterocycles. The van der Waals surface area contributed by atoms with Gasteiger partial charge in [-0.3, -0.25) is 0 Å². The molecule has 0 saturated carbocycles. The highest BCUT2D eigenvalue weighted by molar-refractivity contribution is 6.30. The molecular formula is C15H13ClN4O. The number of benzene rings is 1. The van der Waals surface area contributed by atoms with Crippen LogP contribution in [0.4, 0.5) is 10.5 Å². The fourth-order valence-corrected chi connectivity index (χ4v) is 2.13. The summed E-state index contributed by atoms with van der Waals surface area (Å²) in [6.07, 6.45) is 3.62. The molecule has 2 heterocycles. The lowest BCUT2D eigenvalue weighted by atomic mass is 10.2. The van der Waals surface area contributed by atoms with E-state index >= 15 is 0 Å². The Bertz CT molecular complexity index is 767. The molecular weight excluding hydrogens is 288 g/mol. The monoisotopic (exact) mass is 300 g/mol. The van der Waals surface area contributed by atoms with Crippen LogP contribution >= 0.6 is 11.6 Å². The number of nitrogens with one attached hydrogen (secondary N) is 2. The first kappa shape index (κ1) is 13.5. The van der Waals surface area contributed by atoms with E-state index in [1.165, 1.54) is 0 Å². The van der Waals surface area contributed by atoms with Gasteiger partial charge in [-0.25, -0.2) is 9.31 Å². The van der Waals surface area contributed by atoms with Gasteiger partial charge in [0, 0.05) is 29.0 Å². The quantitative estimate of drug-likeness (QED) is 0.779. The molecule has 5 nitrogen and oxygen atoms in total. The number of hydrogen-bond donors (Lipinski definition) is 2. The number of carbonyl (C=O) groups is 1. The van der Waals surface area contributed by atoms with Gasteiger partial charge in [0.05, 0.1) is 11.7 Å². The highest BCUT2D eigenvalue weighted by Crippen LogP contribution is 2.13. The van der Waals surface area contributed by atoms with E-state index in [-0.39, 0.29) is 6.03 Å². The molecule has 21 heavy (non-hydrogen) atoms. The highest BCUT2D eigenvalue weighted by atomic mass is 35.5. The van der Waals surface area contributed by atoms with Gasteiger partial charge in [0.2, 0.25) is 0 Å². The molecule has 0 aliphatic carbocycles. The molecule has 2 amide bonds. The predicted octanol–water partition coefficient (Wildman–Crippen LogP) is 3.31. The summed E-state index contributed by atoms with van der Waals surface area (Å²) in [4.78, 5) is 11.8. The number of pyridine rings is 1. The zero-order chi connectivity index (χ0) is 14.7. The molecule has 1 aromatic carbocycles. The summed E-state index contributed by atoms with van der Waals surface area (Å²) in [5.74, 6) is 0. The summed E-state index contributed by atoms with van der Waals surface area (Å²) < 4.78 is 1.77. The summed E-state index contributed by atoms with van der Waals surface area (Å²) in [6, 6.07) is 12.5. The van der Waals surface area contributed by atoms with Gasteiger partial charge in [0.15, 0.2) is 0 Å². The number of nitrogens with zero attached hydrogens (tertiary/aromatic N) is 2. The van der Waals surface area contributed by atoms with Crippen molar-refractivity contribution in [3.05, 3.63) is 65.4 Å². The van der Waals surface area contributed by atoms with Crippen LogP contribution in [0.15, 0.2) is 54.9 Å². The fraction of sp³-hybridized carbons (Fsp3) is 0.0667. The number of aromatic nitrogens is 2. The minimum absolute atomic E-state index is 0.271.